The van der Waals surface area contributed by atoms with E-state index < -0.39 is 5.03 Å². The van der Waals surface area contributed by atoms with Gasteiger partial charge in [0.05, 0.1) is 4.47 Å². The summed E-state index contributed by atoms with van der Waals surface area (Å²) in [6, 6.07) is 3.41. The summed E-state index contributed by atoms with van der Waals surface area (Å²) >= 11 is 3.15. The van der Waals surface area contributed by atoms with Crippen LogP contribution in [0.4, 0.5) is 0 Å². The summed E-state index contributed by atoms with van der Waals surface area (Å²) in [5.41, 5.74) is 3.03. The highest BCUT2D eigenvalue weighted by Gasteiger charge is 1.95. The van der Waals surface area contributed by atoms with Gasteiger partial charge in [-0.25, -0.2) is 0 Å². The van der Waals surface area contributed by atoms with E-state index in [2.05, 4.69) is 21.5 Å². The van der Waals surface area contributed by atoms with Gasteiger partial charge in [0, 0.05) is 11.1 Å². The number of hydrogen-bond donors (Lipinski definition) is 0. The molecule has 0 fully saturated rings. The summed E-state index contributed by atoms with van der Waals surface area (Å²) in [5, 5.41) is 9.13. The molecule has 0 amide bonds. The first-order valence-electron chi connectivity index (χ1n) is 2.71. The van der Waals surface area contributed by atoms with Crippen molar-refractivity contribution in [1.82, 2.24) is 0 Å². The first-order valence-corrected chi connectivity index (χ1v) is 3.51. The maximum Gasteiger partial charge on any atom is 0.182 e. The van der Waals surface area contributed by atoms with Crippen LogP contribution in [0.1, 0.15) is 0 Å². The van der Waals surface area contributed by atoms with E-state index in [1.165, 1.54) is 12.4 Å². The van der Waals surface area contributed by atoms with Crippen LogP contribution in [0.3, 0.4) is 0 Å². The molecule has 1 aromatic rings. The number of halogens is 1. The lowest BCUT2D eigenvalue weighted by atomic mass is 10.5. The molecule has 6 heteroatoms. The number of rotatable bonds is 2. The minimum atomic E-state index is -0.758. The summed E-state index contributed by atoms with van der Waals surface area (Å²) in [7, 11) is 0. The molecule has 0 saturated heterocycles. The molecule has 58 valence electrons. The standard InChI is InChI=1S/C5H4BrN3O2/c6-5-2-1-3-8(4-5)7-9(10)11/h1-4H. The van der Waals surface area contributed by atoms with Crippen LogP contribution in [0, 0.1) is 10.1 Å². The van der Waals surface area contributed by atoms with E-state index in [0.29, 0.717) is 0 Å². The number of nitrogens with zero attached hydrogens (tertiary/aromatic N) is 3. The number of pyridine rings is 1. The number of hydrogen-bond acceptors (Lipinski definition) is 2. The zero-order valence-electron chi connectivity index (χ0n) is 5.35. The van der Waals surface area contributed by atoms with E-state index in [0.717, 1.165) is 9.15 Å². The quantitative estimate of drug-likeness (QED) is 0.423. The molecule has 11 heavy (non-hydrogen) atoms. The summed E-state index contributed by atoms with van der Waals surface area (Å²) in [5.74, 6) is 0. The zero-order valence-corrected chi connectivity index (χ0v) is 6.93. The Balaban J connectivity index is 2.79. The van der Waals surface area contributed by atoms with Crippen LogP contribution in [0.2, 0.25) is 0 Å². The van der Waals surface area contributed by atoms with Gasteiger partial charge in [-0.2, -0.15) is 4.68 Å². The van der Waals surface area contributed by atoms with Crippen molar-refractivity contribution in [2.75, 3.05) is 0 Å². The first-order chi connectivity index (χ1) is 5.18. The van der Waals surface area contributed by atoms with Crippen molar-refractivity contribution in [2.45, 2.75) is 0 Å². The van der Waals surface area contributed by atoms with Crippen LogP contribution in [0.15, 0.2) is 29.0 Å². The highest BCUT2D eigenvalue weighted by molar-refractivity contribution is 9.10. The molecule has 5 nitrogen and oxygen atoms in total. The summed E-state index contributed by atoms with van der Waals surface area (Å²) in [6.45, 7) is 0. The van der Waals surface area contributed by atoms with Crippen molar-refractivity contribution < 1.29 is 9.71 Å². The zero-order chi connectivity index (χ0) is 8.27. The maximum absolute atomic E-state index is 9.88. The molecule has 0 aromatic carbocycles. The van der Waals surface area contributed by atoms with Gasteiger partial charge in [0.1, 0.15) is 0 Å². The van der Waals surface area contributed by atoms with E-state index in [9.17, 15) is 10.1 Å². The van der Waals surface area contributed by atoms with Crippen LogP contribution in [0.25, 0.3) is 5.53 Å². The largest absolute Gasteiger partial charge is 0.264 e. The van der Waals surface area contributed by atoms with Crippen molar-refractivity contribution in [3.63, 3.8) is 0 Å². The number of aromatic nitrogens is 1. The minimum absolute atomic E-state index is 0.741. The van der Waals surface area contributed by atoms with Gasteiger partial charge in [0.2, 0.25) is 0 Å². The fourth-order valence-corrected chi connectivity index (χ4v) is 0.938. The van der Waals surface area contributed by atoms with Crippen molar-refractivity contribution in [1.29, 1.82) is 0 Å². The highest BCUT2D eigenvalue weighted by atomic mass is 79.9. The first kappa shape index (κ1) is 7.93. The van der Waals surface area contributed by atoms with Crippen LogP contribution in [-0.4, -0.2) is 5.03 Å². The lowest BCUT2D eigenvalue weighted by Crippen LogP contribution is -2.30. The summed E-state index contributed by atoms with van der Waals surface area (Å²) < 4.78 is 1.86. The Hall–Kier alpha value is -1.17. The molecule has 0 bridgehead atoms. The fraction of sp³-hybridized carbons (Fsp3) is 0. The van der Waals surface area contributed by atoms with Crippen LogP contribution in [-0.2, 0) is 0 Å². The van der Waals surface area contributed by atoms with Crippen molar-refractivity contribution in [2.24, 2.45) is 0 Å². The molecule has 0 aliphatic rings. The summed E-state index contributed by atoms with van der Waals surface area (Å²) in [4.78, 5) is 9.88. The van der Waals surface area contributed by atoms with Crippen molar-refractivity contribution in [3.05, 3.63) is 44.6 Å². The molecule has 0 N–H and O–H groups in total. The van der Waals surface area contributed by atoms with E-state index >= 15 is 0 Å². The Labute approximate surface area is 70.9 Å². The predicted octanol–water partition coefficient (Wildman–Crippen LogP) is 1.07. The van der Waals surface area contributed by atoms with Gasteiger partial charge in [0.15, 0.2) is 12.4 Å². The van der Waals surface area contributed by atoms with Crippen LogP contribution >= 0.6 is 15.9 Å². The van der Waals surface area contributed by atoms with Gasteiger partial charge in [-0.15, -0.1) is 0 Å². The van der Waals surface area contributed by atoms with Gasteiger partial charge < -0.3 is 0 Å². The minimum Gasteiger partial charge on any atom is -0.264 e. The highest BCUT2D eigenvalue weighted by Crippen LogP contribution is 2.03. The molecule has 0 atom stereocenters. The summed E-state index contributed by atoms with van der Waals surface area (Å²) in [6.07, 6.45) is 2.97. The van der Waals surface area contributed by atoms with Gasteiger partial charge in [-0.3, -0.25) is 10.1 Å². The lowest BCUT2D eigenvalue weighted by molar-refractivity contribution is -0.738. The van der Waals surface area contributed by atoms with Gasteiger partial charge in [-0.1, -0.05) is 5.53 Å². The third kappa shape index (κ3) is 2.50. The second-order valence-electron chi connectivity index (χ2n) is 1.73. The van der Waals surface area contributed by atoms with E-state index in [1.807, 2.05) is 0 Å². The Morgan fingerprint density at radius 3 is 3.00 bits per heavy atom. The Morgan fingerprint density at radius 1 is 1.73 bits per heavy atom. The predicted molar refractivity (Wildman–Crippen MR) is 40.1 cm³/mol. The van der Waals surface area contributed by atoms with Gasteiger partial charge in [0.25, 0.3) is 0 Å². The monoisotopic (exact) mass is 217 g/mol. The molecule has 0 aliphatic carbocycles. The van der Waals surface area contributed by atoms with Gasteiger partial charge in [-0.05, 0) is 22.0 Å². The van der Waals surface area contributed by atoms with E-state index in [4.69, 9.17) is 0 Å². The van der Waals surface area contributed by atoms with Gasteiger partial charge >= 0.3 is 0 Å². The molecule has 0 radical (unpaired) electrons. The Morgan fingerprint density at radius 2 is 2.45 bits per heavy atom. The fourth-order valence-electron chi connectivity index (χ4n) is 0.576. The number of nitro groups is 1. The Kier molecular flexibility index (Phi) is 2.37. The van der Waals surface area contributed by atoms with E-state index in [1.54, 1.807) is 12.1 Å². The molecule has 1 rings (SSSR count). The van der Waals surface area contributed by atoms with E-state index in [-0.39, 0.29) is 0 Å². The average Bonchev–Trinajstić information content (AvgIpc) is 1.85. The maximum atomic E-state index is 9.88. The lowest BCUT2D eigenvalue weighted by Gasteiger charge is -2.00. The molecular weight excluding hydrogens is 214 g/mol. The van der Waals surface area contributed by atoms with Crippen LogP contribution in [0.5, 0.6) is 0 Å². The molecule has 0 aliphatic heterocycles. The normalized spacial score (nSPS) is 9.18. The SMILES string of the molecule is O=[N+]([O-])[N-][n+]1cccc(Br)c1. The van der Waals surface area contributed by atoms with Crippen LogP contribution < -0.4 is 4.68 Å². The second-order valence-corrected chi connectivity index (χ2v) is 2.65. The average molecular weight is 218 g/mol. The third-order valence-corrected chi connectivity index (χ3v) is 1.40. The Bertz CT molecular complexity index is 278. The second kappa shape index (κ2) is 3.29. The molecular formula is C5H4BrN3O2. The molecule has 1 aromatic heterocycles. The molecule has 1 heterocycles. The van der Waals surface area contributed by atoms with Crippen molar-refractivity contribution in [3.8, 4) is 0 Å². The van der Waals surface area contributed by atoms with Crippen molar-refractivity contribution >= 4 is 15.9 Å². The molecule has 0 unspecified atom stereocenters. The smallest absolute Gasteiger partial charge is 0.182 e. The topological polar surface area (TPSA) is 61.1 Å². The third-order valence-electron chi connectivity index (χ3n) is 0.926. The molecule has 0 saturated carbocycles. The molecule has 0 spiro atoms.